The number of carbonyl (C=O) groups excluding carboxylic acids is 2. The first-order chi connectivity index (χ1) is 13.6. The fourth-order valence-corrected chi connectivity index (χ4v) is 3.32. The van der Waals surface area contributed by atoms with E-state index in [1.165, 1.54) is 11.3 Å². The number of hydrogen-bond donors (Lipinski definition) is 2. The number of rotatable bonds is 6. The van der Waals surface area contributed by atoms with Crippen LogP contribution in [-0.2, 0) is 11.3 Å². The number of piperazine rings is 1. The standard InChI is InChI=1S/C22H28N4O2/c1-18-6-5-9-20(16-18)25-12-14-26(15-13-25)21(27)10-11-23-22(28)24-17-19-7-3-2-4-8-19/h2-9,16H,10-15,17H2,1H3,(H2,23,24,28). The first kappa shape index (κ1) is 19.7. The van der Waals surface area contributed by atoms with Crippen molar-refractivity contribution < 1.29 is 9.59 Å². The molecule has 0 aromatic heterocycles. The summed E-state index contributed by atoms with van der Waals surface area (Å²) in [7, 11) is 0. The summed E-state index contributed by atoms with van der Waals surface area (Å²) in [4.78, 5) is 28.4. The third kappa shape index (κ3) is 5.74. The molecular formula is C22H28N4O2. The van der Waals surface area contributed by atoms with Crippen molar-refractivity contribution in [1.29, 1.82) is 0 Å². The normalized spacial score (nSPS) is 13.9. The van der Waals surface area contributed by atoms with Crippen molar-refractivity contribution in [2.45, 2.75) is 19.9 Å². The van der Waals surface area contributed by atoms with Gasteiger partial charge in [-0.1, -0.05) is 42.5 Å². The molecule has 0 saturated carbocycles. The largest absolute Gasteiger partial charge is 0.368 e. The third-order valence-electron chi connectivity index (χ3n) is 4.92. The molecule has 2 aromatic rings. The Labute approximate surface area is 166 Å². The van der Waals surface area contributed by atoms with E-state index in [1.54, 1.807) is 0 Å². The molecule has 0 spiro atoms. The zero-order valence-corrected chi connectivity index (χ0v) is 16.4. The predicted octanol–water partition coefficient (Wildman–Crippen LogP) is 2.53. The lowest BCUT2D eigenvalue weighted by atomic mass is 10.2. The predicted molar refractivity (Wildman–Crippen MR) is 111 cm³/mol. The molecule has 0 aliphatic carbocycles. The molecule has 1 aliphatic rings. The molecule has 2 aromatic carbocycles. The molecule has 0 radical (unpaired) electrons. The first-order valence-electron chi connectivity index (χ1n) is 9.77. The Hall–Kier alpha value is -3.02. The van der Waals surface area contributed by atoms with E-state index < -0.39 is 0 Å². The van der Waals surface area contributed by atoms with Gasteiger partial charge in [-0.3, -0.25) is 4.79 Å². The molecule has 6 heteroatoms. The van der Waals surface area contributed by atoms with Crippen molar-refractivity contribution in [3.63, 3.8) is 0 Å². The monoisotopic (exact) mass is 380 g/mol. The Bertz CT molecular complexity index is 786. The summed E-state index contributed by atoms with van der Waals surface area (Å²) in [5.41, 5.74) is 3.50. The second-order valence-corrected chi connectivity index (χ2v) is 7.05. The molecule has 0 atom stereocenters. The van der Waals surface area contributed by atoms with Crippen LogP contribution in [0.1, 0.15) is 17.5 Å². The van der Waals surface area contributed by atoms with Gasteiger partial charge >= 0.3 is 6.03 Å². The second kappa shape index (κ2) is 9.78. The van der Waals surface area contributed by atoms with Crippen LogP contribution in [0.2, 0.25) is 0 Å². The van der Waals surface area contributed by atoms with Crippen molar-refractivity contribution in [2.75, 3.05) is 37.6 Å². The summed E-state index contributed by atoms with van der Waals surface area (Å²) in [5, 5.41) is 5.55. The topological polar surface area (TPSA) is 64.7 Å². The highest BCUT2D eigenvalue weighted by Crippen LogP contribution is 2.18. The summed E-state index contributed by atoms with van der Waals surface area (Å²) in [6.07, 6.45) is 0.323. The quantitative estimate of drug-likeness (QED) is 0.809. The van der Waals surface area contributed by atoms with Crippen LogP contribution in [0.15, 0.2) is 54.6 Å². The number of carbonyl (C=O) groups is 2. The van der Waals surface area contributed by atoms with Gasteiger partial charge in [-0.2, -0.15) is 0 Å². The average molecular weight is 380 g/mol. The molecule has 1 heterocycles. The van der Waals surface area contributed by atoms with Gasteiger partial charge in [0, 0.05) is 51.4 Å². The lowest BCUT2D eigenvalue weighted by Crippen LogP contribution is -2.49. The van der Waals surface area contributed by atoms with Gasteiger partial charge in [-0.25, -0.2) is 4.79 Å². The zero-order valence-electron chi connectivity index (χ0n) is 16.4. The molecule has 1 fully saturated rings. The van der Waals surface area contributed by atoms with Gasteiger partial charge < -0.3 is 20.4 Å². The van der Waals surface area contributed by atoms with Crippen LogP contribution in [0.25, 0.3) is 0 Å². The van der Waals surface area contributed by atoms with E-state index in [0.29, 0.717) is 32.6 Å². The van der Waals surface area contributed by atoms with Crippen LogP contribution in [0, 0.1) is 6.92 Å². The minimum Gasteiger partial charge on any atom is -0.368 e. The van der Waals surface area contributed by atoms with E-state index in [-0.39, 0.29) is 11.9 Å². The van der Waals surface area contributed by atoms with Crippen molar-refractivity contribution in [1.82, 2.24) is 15.5 Å². The minimum atomic E-state index is -0.249. The van der Waals surface area contributed by atoms with Gasteiger partial charge in [0.2, 0.25) is 5.91 Å². The Morgan fingerprint density at radius 3 is 2.39 bits per heavy atom. The second-order valence-electron chi connectivity index (χ2n) is 7.05. The number of hydrogen-bond acceptors (Lipinski definition) is 3. The summed E-state index contributed by atoms with van der Waals surface area (Å²) >= 11 is 0. The van der Waals surface area contributed by atoms with Crippen molar-refractivity contribution in [3.8, 4) is 0 Å². The van der Waals surface area contributed by atoms with Gasteiger partial charge in [0.25, 0.3) is 0 Å². The van der Waals surface area contributed by atoms with Crippen LogP contribution in [0.5, 0.6) is 0 Å². The maximum atomic E-state index is 12.4. The number of amides is 3. The Kier molecular flexibility index (Phi) is 6.89. The molecule has 1 saturated heterocycles. The smallest absolute Gasteiger partial charge is 0.315 e. The van der Waals surface area contributed by atoms with E-state index in [4.69, 9.17) is 0 Å². The lowest BCUT2D eigenvalue weighted by molar-refractivity contribution is -0.131. The summed E-state index contributed by atoms with van der Waals surface area (Å²) in [6, 6.07) is 17.9. The fourth-order valence-electron chi connectivity index (χ4n) is 3.32. The SMILES string of the molecule is Cc1cccc(N2CCN(C(=O)CCNC(=O)NCc3ccccc3)CC2)c1. The molecule has 0 bridgehead atoms. The van der Waals surface area contributed by atoms with Crippen molar-refractivity contribution >= 4 is 17.6 Å². The third-order valence-corrected chi connectivity index (χ3v) is 4.92. The number of benzene rings is 2. The number of urea groups is 1. The van der Waals surface area contributed by atoms with Gasteiger partial charge in [0.15, 0.2) is 0 Å². The average Bonchev–Trinajstić information content (AvgIpc) is 2.73. The van der Waals surface area contributed by atoms with Crippen LogP contribution in [0.4, 0.5) is 10.5 Å². The van der Waals surface area contributed by atoms with Gasteiger partial charge in [-0.05, 0) is 30.2 Å². The highest BCUT2D eigenvalue weighted by atomic mass is 16.2. The number of anilines is 1. The minimum absolute atomic E-state index is 0.0900. The fraction of sp³-hybridized carbons (Fsp3) is 0.364. The molecule has 148 valence electrons. The molecule has 2 N–H and O–H groups in total. The summed E-state index contributed by atoms with van der Waals surface area (Å²) < 4.78 is 0. The summed E-state index contributed by atoms with van der Waals surface area (Å²) in [6.45, 7) is 6.01. The number of aryl methyl sites for hydroxylation is 1. The highest BCUT2D eigenvalue weighted by Gasteiger charge is 2.21. The Morgan fingerprint density at radius 1 is 0.929 bits per heavy atom. The molecule has 1 aliphatic heterocycles. The van der Waals surface area contributed by atoms with E-state index in [0.717, 1.165) is 18.7 Å². The summed E-state index contributed by atoms with van der Waals surface area (Å²) in [5.74, 6) is 0.0900. The Balaban J connectivity index is 1.34. The molecule has 6 nitrogen and oxygen atoms in total. The molecular weight excluding hydrogens is 352 g/mol. The highest BCUT2D eigenvalue weighted by molar-refractivity contribution is 5.78. The van der Waals surface area contributed by atoms with Crippen molar-refractivity contribution in [3.05, 3.63) is 65.7 Å². The number of nitrogens with one attached hydrogen (secondary N) is 2. The lowest BCUT2D eigenvalue weighted by Gasteiger charge is -2.36. The molecule has 3 amide bonds. The number of nitrogens with zero attached hydrogens (tertiary/aromatic N) is 2. The van der Waals surface area contributed by atoms with Crippen LogP contribution < -0.4 is 15.5 Å². The first-order valence-corrected chi connectivity index (χ1v) is 9.77. The molecule has 28 heavy (non-hydrogen) atoms. The zero-order chi connectivity index (χ0) is 19.8. The van der Waals surface area contributed by atoms with E-state index in [2.05, 4.69) is 46.7 Å². The van der Waals surface area contributed by atoms with E-state index in [1.807, 2.05) is 35.2 Å². The molecule has 3 rings (SSSR count). The van der Waals surface area contributed by atoms with Crippen LogP contribution >= 0.6 is 0 Å². The van der Waals surface area contributed by atoms with Gasteiger partial charge in [0.1, 0.15) is 0 Å². The van der Waals surface area contributed by atoms with Crippen LogP contribution in [0.3, 0.4) is 0 Å². The van der Waals surface area contributed by atoms with E-state index >= 15 is 0 Å². The maximum Gasteiger partial charge on any atom is 0.315 e. The van der Waals surface area contributed by atoms with E-state index in [9.17, 15) is 9.59 Å². The van der Waals surface area contributed by atoms with Crippen molar-refractivity contribution in [2.24, 2.45) is 0 Å². The molecule has 0 unspecified atom stereocenters. The van der Waals surface area contributed by atoms with Gasteiger partial charge in [-0.15, -0.1) is 0 Å². The maximum absolute atomic E-state index is 12.4. The van der Waals surface area contributed by atoms with Gasteiger partial charge in [0.05, 0.1) is 0 Å². The van der Waals surface area contributed by atoms with Crippen LogP contribution in [-0.4, -0.2) is 49.6 Å². The Morgan fingerprint density at radius 2 is 1.68 bits per heavy atom.